The van der Waals surface area contributed by atoms with Crippen LogP contribution in [0.15, 0.2) is 42.5 Å². The van der Waals surface area contributed by atoms with Gasteiger partial charge in [-0.2, -0.15) is 5.26 Å². The third-order valence-corrected chi connectivity index (χ3v) is 7.95. The van der Waals surface area contributed by atoms with Gasteiger partial charge >= 0.3 is 6.09 Å². The number of nitrogens with one attached hydrogen (secondary N) is 1. The Kier molecular flexibility index (Phi) is 6.52. The molecule has 36 heavy (non-hydrogen) atoms. The maximum atomic E-state index is 12.2. The molecule has 3 aliphatic rings. The van der Waals surface area contributed by atoms with E-state index in [1.807, 2.05) is 43.3 Å². The number of carbonyl (C=O) groups excluding carboxylic acids is 1. The molecule has 7 nitrogen and oxygen atoms in total. The summed E-state index contributed by atoms with van der Waals surface area (Å²) in [5.41, 5.74) is 5.07. The normalized spacial score (nSPS) is 20.2. The molecule has 188 valence electrons. The molecule has 3 aliphatic carbocycles. The lowest BCUT2D eigenvalue weighted by atomic mass is 9.70. The number of rotatable bonds is 8. The summed E-state index contributed by atoms with van der Waals surface area (Å²) >= 11 is 0. The number of amides is 1. The number of allylic oxidation sites excluding steroid dienone is 2. The van der Waals surface area contributed by atoms with Crippen molar-refractivity contribution in [2.75, 3.05) is 17.5 Å². The van der Waals surface area contributed by atoms with Crippen LogP contribution in [0.25, 0.3) is 11.1 Å². The number of benzene rings is 2. The lowest BCUT2D eigenvalue weighted by Gasteiger charge is -2.34. The van der Waals surface area contributed by atoms with E-state index in [0.717, 1.165) is 60.6 Å². The molecule has 0 bridgehead atoms. The van der Waals surface area contributed by atoms with Crippen molar-refractivity contribution in [3.8, 4) is 11.8 Å². The Balaban J connectivity index is 1.40. The Morgan fingerprint density at radius 2 is 1.86 bits per heavy atom. The Labute approximate surface area is 212 Å². The Hall–Kier alpha value is -3.31. The number of nitriles is 1. The minimum absolute atomic E-state index is 0.0355. The van der Waals surface area contributed by atoms with Crippen LogP contribution in [0.2, 0.25) is 0 Å². The topological polar surface area (TPSA) is 105 Å². The fourth-order valence-electron chi connectivity index (χ4n) is 5.17. The molecule has 2 aromatic carbocycles. The van der Waals surface area contributed by atoms with E-state index >= 15 is 0 Å². The first kappa shape index (κ1) is 24.4. The van der Waals surface area contributed by atoms with Crippen molar-refractivity contribution in [3.63, 3.8) is 0 Å². The average Bonchev–Trinajstić information content (AvgIpc) is 3.60. The van der Waals surface area contributed by atoms with Crippen LogP contribution in [0.1, 0.15) is 61.6 Å². The number of anilines is 1. The van der Waals surface area contributed by atoms with Gasteiger partial charge in [0.2, 0.25) is 0 Å². The van der Waals surface area contributed by atoms with Crippen molar-refractivity contribution in [3.05, 3.63) is 59.2 Å². The molecule has 0 saturated heterocycles. The minimum Gasteiger partial charge on any atom is -0.478 e. The van der Waals surface area contributed by atoms with E-state index in [4.69, 9.17) is 9.47 Å². The van der Waals surface area contributed by atoms with Crippen LogP contribution in [0.3, 0.4) is 0 Å². The van der Waals surface area contributed by atoms with Crippen molar-refractivity contribution in [2.24, 2.45) is 11.8 Å². The van der Waals surface area contributed by atoms with Gasteiger partial charge in [-0.25, -0.2) is 13.2 Å². The van der Waals surface area contributed by atoms with Gasteiger partial charge < -0.3 is 9.47 Å². The number of sulfone groups is 1. The van der Waals surface area contributed by atoms with Crippen LogP contribution < -0.4 is 10.1 Å². The third-order valence-electron chi connectivity index (χ3n) is 7.40. The summed E-state index contributed by atoms with van der Waals surface area (Å²) in [4.78, 5) is 12.2. The van der Waals surface area contributed by atoms with E-state index in [-0.39, 0.29) is 18.0 Å². The number of hydrogen-bond donors (Lipinski definition) is 1. The quantitative estimate of drug-likeness (QED) is 0.489. The van der Waals surface area contributed by atoms with E-state index < -0.39 is 15.9 Å². The van der Waals surface area contributed by atoms with Crippen molar-refractivity contribution in [2.45, 2.75) is 51.0 Å². The van der Waals surface area contributed by atoms with Crippen molar-refractivity contribution in [1.82, 2.24) is 0 Å². The Morgan fingerprint density at radius 3 is 2.44 bits per heavy atom. The number of nitrogens with zero attached hydrogens (tertiary/aromatic N) is 1. The van der Waals surface area contributed by atoms with Gasteiger partial charge in [0.1, 0.15) is 17.9 Å². The SMILES string of the molecule is C[C@@H](OC(=O)Nc1ccc(C2=C(C#N)c3ccc(OCS(C)(=O)=O)cc3C2C2CCC2)cc1)C1CC1. The summed E-state index contributed by atoms with van der Waals surface area (Å²) < 4.78 is 34.1. The van der Waals surface area contributed by atoms with Gasteiger partial charge in [0.15, 0.2) is 15.8 Å². The summed E-state index contributed by atoms with van der Waals surface area (Å²) in [6.07, 6.45) is 6.11. The van der Waals surface area contributed by atoms with Gasteiger partial charge in [-0.3, -0.25) is 5.32 Å². The van der Waals surface area contributed by atoms with E-state index in [1.54, 1.807) is 6.07 Å². The highest BCUT2D eigenvalue weighted by Crippen LogP contribution is 2.55. The van der Waals surface area contributed by atoms with Gasteiger partial charge in [-0.15, -0.1) is 0 Å². The minimum atomic E-state index is -3.27. The fourth-order valence-corrected chi connectivity index (χ4v) is 5.52. The van der Waals surface area contributed by atoms with E-state index in [1.165, 1.54) is 0 Å². The van der Waals surface area contributed by atoms with Crippen LogP contribution in [0.4, 0.5) is 10.5 Å². The first-order valence-corrected chi connectivity index (χ1v) is 14.5. The second-order valence-electron chi connectivity index (χ2n) is 10.2. The first-order chi connectivity index (χ1) is 17.2. The van der Waals surface area contributed by atoms with Crippen LogP contribution in [0.5, 0.6) is 5.75 Å². The van der Waals surface area contributed by atoms with Gasteiger partial charge in [0, 0.05) is 17.9 Å². The molecule has 2 fully saturated rings. The highest BCUT2D eigenvalue weighted by atomic mass is 32.2. The zero-order valence-corrected chi connectivity index (χ0v) is 21.3. The summed E-state index contributed by atoms with van der Waals surface area (Å²) in [7, 11) is -3.27. The molecule has 0 radical (unpaired) electrons. The van der Waals surface area contributed by atoms with Crippen LogP contribution in [0, 0.1) is 23.2 Å². The monoisotopic (exact) mass is 506 g/mol. The van der Waals surface area contributed by atoms with E-state index in [9.17, 15) is 18.5 Å². The van der Waals surface area contributed by atoms with Crippen LogP contribution in [-0.2, 0) is 14.6 Å². The smallest absolute Gasteiger partial charge is 0.411 e. The van der Waals surface area contributed by atoms with Crippen LogP contribution in [-0.4, -0.2) is 32.8 Å². The largest absolute Gasteiger partial charge is 0.478 e. The number of hydrogen-bond acceptors (Lipinski definition) is 6. The maximum absolute atomic E-state index is 12.2. The highest BCUT2D eigenvalue weighted by Gasteiger charge is 2.40. The summed E-state index contributed by atoms with van der Waals surface area (Å²) in [6.45, 7) is 1.92. The number of fused-ring (bicyclic) bond motifs is 1. The molecular weight excluding hydrogens is 476 g/mol. The second kappa shape index (κ2) is 9.62. The summed E-state index contributed by atoms with van der Waals surface area (Å²) in [6, 6.07) is 15.4. The van der Waals surface area contributed by atoms with Gasteiger partial charge in [0.25, 0.3) is 0 Å². The van der Waals surface area contributed by atoms with Gasteiger partial charge in [-0.1, -0.05) is 18.6 Å². The standard InChI is InChI=1S/C28H30N2O5S/c1-17(18-6-7-18)35-28(31)30-21-10-8-20(9-11-21)27-25(15-29)23-13-12-22(34-16-36(2,32)33)14-24(23)26(27)19-4-3-5-19/h8-14,17-19,26H,3-7,16H2,1-2H3,(H,30,31)/t17-,26?/m1/s1. The molecule has 0 aromatic heterocycles. The summed E-state index contributed by atoms with van der Waals surface area (Å²) in [5, 5.41) is 12.9. The number of carbonyl (C=O) groups is 1. The molecule has 1 unspecified atom stereocenters. The molecule has 8 heteroatoms. The predicted octanol–water partition coefficient (Wildman–Crippen LogP) is 5.75. The second-order valence-corrected chi connectivity index (χ2v) is 12.2. The van der Waals surface area contributed by atoms with Gasteiger partial charge in [0.05, 0.1) is 5.57 Å². The molecular formula is C28H30N2O5S. The maximum Gasteiger partial charge on any atom is 0.411 e. The first-order valence-electron chi connectivity index (χ1n) is 12.4. The molecule has 5 rings (SSSR count). The zero-order valence-electron chi connectivity index (χ0n) is 20.5. The number of ether oxygens (including phenoxy) is 2. The molecule has 0 spiro atoms. The third kappa shape index (κ3) is 5.12. The van der Waals surface area contributed by atoms with E-state index in [2.05, 4.69) is 11.4 Å². The lowest BCUT2D eigenvalue weighted by Crippen LogP contribution is -2.21. The van der Waals surface area contributed by atoms with Crippen molar-refractivity contribution < 1.29 is 22.7 Å². The fraction of sp³-hybridized carbons (Fsp3) is 0.429. The van der Waals surface area contributed by atoms with Gasteiger partial charge in [-0.05, 0) is 97.0 Å². The summed E-state index contributed by atoms with van der Waals surface area (Å²) in [5.74, 6) is 1.02. The average molecular weight is 507 g/mol. The van der Waals surface area contributed by atoms with Crippen molar-refractivity contribution in [1.29, 1.82) is 5.26 Å². The lowest BCUT2D eigenvalue weighted by molar-refractivity contribution is 0.108. The highest BCUT2D eigenvalue weighted by molar-refractivity contribution is 7.90. The molecule has 2 atom stereocenters. The molecule has 2 aromatic rings. The van der Waals surface area contributed by atoms with E-state index in [0.29, 0.717) is 28.8 Å². The Morgan fingerprint density at radius 1 is 1.14 bits per heavy atom. The predicted molar refractivity (Wildman–Crippen MR) is 138 cm³/mol. The van der Waals surface area contributed by atoms with Crippen LogP contribution >= 0.6 is 0 Å². The molecule has 0 heterocycles. The molecule has 0 aliphatic heterocycles. The molecule has 1 N–H and O–H groups in total. The molecule has 2 saturated carbocycles. The zero-order chi connectivity index (χ0) is 25.4. The Bertz CT molecular complexity index is 1350. The molecule has 1 amide bonds. The van der Waals surface area contributed by atoms with Crippen molar-refractivity contribution >= 4 is 32.8 Å².